The van der Waals surface area contributed by atoms with Gasteiger partial charge < -0.3 is 14.8 Å². The molecule has 0 unspecified atom stereocenters. The van der Waals surface area contributed by atoms with Crippen molar-refractivity contribution >= 4 is 11.7 Å². The quantitative estimate of drug-likeness (QED) is 0.472. The molecule has 2 fully saturated rings. The van der Waals surface area contributed by atoms with Crippen molar-refractivity contribution < 1.29 is 23.0 Å². The highest BCUT2D eigenvalue weighted by Gasteiger charge is 2.33. The maximum Gasteiger partial charge on any atom is 0.340 e. The fraction of sp³-hybridized carbons (Fsp3) is 0.519. The monoisotopic (exact) mass is 472 g/mol. The molecular formula is C27H34F2N2O3. The van der Waals surface area contributed by atoms with E-state index < -0.39 is 11.8 Å². The summed E-state index contributed by atoms with van der Waals surface area (Å²) in [6, 6.07) is 8.35. The Kier molecular flexibility index (Phi) is 7.71. The summed E-state index contributed by atoms with van der Waals surface area (Å²) in [5.74, 6) is -0.372. The Bertz CT molecular complexity index is 1020. The van der Waals surface area contributed by atoms with E-state index in [1.54, 1.807) is 12.1 Å². The van der Waals surface area contributed by atoms with E-state index in [4.69, 9.17) is 9.47 Å². The number of ether oxygens (including phenoxy) is 2. The van der Waals surface area contributed by atoms with Gasteiger partial charge in [0, 0.05) is 23.8 Å². The van der Waals surface area contributed by atoms with Gasteiger partial charge in [0.2, 0.25) is 0 Å². The first-order valence-corrected chi connectivity index (χ1v) is 12.2. The standard InChI is InChI=1S/C27H34F2N2O3/c1-17(2)30-23-8-6-21(28)14-20(23)15-31-12-10-18(11-13-31)16-34-24-9-7-22(27(32)33-3)26(29)25(24)19-4-5-19/h6-9,14,17-19,30H,4-5,10-13,15-16H2,1-3H3. The number of benzene rings is 2. The zero-order valence-corrected chi connectivity index (χ0v) is 20.2. The summed E-state index contributed by atoms with van der Waals surface area (Å²) < 4.78 is 39.7. The molecule has 34 heavy (non-hydrogen) atoms. The average Bonchev–Trinajstić information content (AvgIpc) is 3.65. The summed E-state index contributed by atoms with van der Waals surface area (Å²) in [5.41, 5.74) is 2.43. The molecule has 1 saturated carbocycles. The fourth-order valence-corrected chi connectivity index (χ4v) is 4.63. The second-order valence-corrected chi connectivity index (χ2v) is 9.74. The molecule has 0 bridgehead atoms. The van der Waals surface area contributed by atoms with Gasteiger partial charge in [-0.2, -0.15) is 0 Å². The van der Waals surface area contributed by atoms with Gasteiger partial charge in [0.25, 0.3) is 0 Å². The van der Waals surface area contributed by atoms with E-state index in [1.165, 1.54) is 19.2 Å². The van der Waals surface area contributed by atoms with E-state index in [0.717, 1.165) is 50.0 Å². The number of rotatable bonds is 9. The molecule has 0 amide bonds. The van der Waals surface area contributed by atoms with Gasteiger partial charge in [-0.05, 0) is 100 Å². The van der Waals surface area contributed by atoms with Crippen LogP contribution in [0, 0.1) is 17.6 Å². The van der Waals surface area contributed by atoms with E-state index in [9.17, 15) is 9.18 Å². The Labute approximate surface area is 200 Å². The summed E-state index contributed by atoms with van der Waals surface area (Å²) in [7, 11) is 1.26. The summed E-state index contributed by atoms with van der Waals surface area (Å²) in [4.78, 5) is 14.2. The number of nitrogens with one attached hydrogen (secondary N) is 1. The number of carbonyl (C=O) groups is 1. The molecule has 2 aromatic carbocycles. The molecule has 0 aromatic heterocycles. The number of likely N-dealkylation sites (tertiary alicyclic amines) is 1. The lowest BCUT2D eigenvalue weighted by molar-refractivity contribution is 0.0595. The van der Waals surface area contributed by atoms with Crippen LogP contribution in [0.25, 0.3) is 0 Å². The van der Waals surface area contributed by atoms with E-state index >= 15 is 4.39 Å². The van der Waals surface area contributed by atoms with Crippen molar-refractivity contribution in [3.05, 3.63) is 58.7 Å². The minimum absolute atomic E-state index is 0.0336. The molecule has 0 atom stereocenters. The molecule has 184 valence electrons. The molecule has 1 aliphatic carbocycles. The van der Waals surface area contributed by atoms with Crippen LogP contribution >= 0.6 is 0 Å². The summed E-state index contributed by atoms with van der Waals surface area (Å²) >= 11 is 0. The van der Waals surface area contributed by atoms with Crippen LogP contribution in [0.4, 0.5) is 14.5 Å². The minimum atomic E-state index is -0.664. The van der Waals surface area contributed by atoms with Crippen molar-refractivity contribution in [3.8, 4) is 5.75 Å². The zero-order valence-electron chi connectivity index (χ0n) is 20.2. The van der Waals surface area contributed by atoms with Gasteiger partial charge in [-0.1, -0.05) is 0 Å². The van der Waals surface area contributed by atoms with Crippen molar-refractivity contribution in [1.82, 2.24) is 4.90 Å². The molecule has 0 spiro atoms. The second kappa shape index (κ2) is 10.7. The van der Waals surface area contributed by atoms with Gasteiger partial charge in [0.15, 0.2) is 0 Å². The van der Waals surface area contributed by atoms with Crippen LogP contribution in [-0.2, 0) is 11.3 Å². The molecule has 2 aromatic rings. The molecule has 1 saturated heterocycles. The molecule has 1 aliphatic heterocycles. The number of halogens is 2. The second-order valence-electron chi connectivity index (χ2n) is 9.74. The fourth-order valence-electron chi connectivity index (χ4n) is 4.63. The van der Waals surface area contributed by atoms with Crippen LogP contribution < -0.4 is 10.1 Å². The Morgan fingerprint density at radius 1 is 1.12 bits per heavy atom. The van der Waals surface area contributed by atoms with Crippen LogP contribution in [0.1, 0.15) is 66.9 Å². The van der Waals surface area contributed by atoms with Crippen molar-refractivity contribution in [3.63, 3.8) is 0 Å². The maximum absolute atomic E-state index is 15.0. The van der Waals surface area contributed by atoms with Gasteiger partial charge in [-0.3, -0.25) is 4.90 Å². The third-order valence-corrected chi connectivity index (χ3v) is 6.62. The topological polar surface area (TPSA) is 50.8 Å². The molecule has 7 heteroatoms. The molecular weight excluding hydrogens is 438 g/mol. The first kappa shape index (κ1) is 24.5. The summed E-state index contributed by atoms with van der Waals surface area (Å²) in [6.45, 7) is 7.16. The molecule has 5 nitrogen and oxygen atoms in total. The number of methoxy groups -OCH3 is 1. The van der Waals surface area contributed by atoms with E-state index in [2.05, 4.69) is 24.1 Å². The van der Waals surface area contributed by atoms with Crippen LogP contribution in [0.15, 0.2) is 30.3 Å². The van der Waals surface area contributed by atoms with Gasteiger partial charge in [0.1, 0.15) is 17.4 Å². The van der Waals surface area contributed by atoms with E-state index in [0.29, 0.717) is 30.4 Å². The number of hydrogen-bond acceptors (Lipinski definition) is 5. The van der Waals surface area contributed by atoms with Crippen molar-refractivity contribution in [2.75, 3.05) is 32.1 Å². The summed E-state index contributed by atoms with van der Waals surface area (Å²) in [5, 5.41) is 3.40. The summed E-state index contributed by atoms with van der Waals surface area (Å²) in [6.07, 6.45) is 3.74. The highest BCUT2D eigenvalue weighted by Crippen LogP contribution is 2.46. The average molecular weight is 473 g/mol. The predicted octanol–water partition coefficient (Wildman–Crippen LogP) is 5.74. The SMILES string of the molecule is COC(=O)c1ccc(OCC2CCN(Cc3cc(F)ccc3NC(C)C)CC2)c(C2CC2)c1F. The Morgan fingerprint density at radius 3 is 2.50 bits per heavy atom. The Morgan fingerprint density at radius 2 is 1.85 bits per heavy atom. The lowest BCUT2D eigenvalue weighted by Gasteiger charge is -2.32. The predicted molar refractivity (Wildman–Crippen MR) is 128 cm³/mol. The number of carbonyl (C=O) groups excluding carboxylic acids is 1. The van der Waals surface area contributed by atoms with Gasteiger partial charge >= 0.3 is 5.97 Å². The van der Waals surface area contributed by atoms with Gasteiger partial charge in [-0.15, -0.1) is 0 Å². The molecule has 0 radical (unpaired) electrons. The molecule has 1 N–H and O–H groups in total. The van der Waals surface area contributed by atoms with E-state index in [-0.39, 0.29) is 23.3 Å². The number of hydrogen-bond donors (Lipinski definition) is 1. The highest BCUT2D eigenvalue weighted by molar-refractivity contribution is 5.90. The van der Waals surface area contributed by atoms with Crippen LogP contribution in [0.2, 0.25) is 0 Å². The van der Waals surface area contributed by atoms with Crippen molar-refractivity contribution in [2.24, 2.45) is 5.92 Å². The number of esters is 1. The highest BCUT2D eigenvalue weighted by atomic mass is 19.1. The lowest BCUT2D eigenvalue weighted by atomic mass is 9.97. The number of anilines is 1. The molecule has 4 rings (SSSR count). The zero-order chi connectivity index (χ0) is 24.2. The number of nitrogens with zero attached hydrogens (tertiary/aromatic N) is 1. The number of piperidine rings is 1. The van der Waals surface area contributed by atoms with Crippen molar-refractivity contribution in [2.45, 2.75) is 58.0 Å². The Balaban J connectivity index is 1.34. The van der Waals surface area contributed by atoms with E-state index in [1.807, 2.05) is 6.07 Å². The third-order valence-electron chi connectivity index (χ3n) is 6.62. The molecule has 2 aliphatic rings. The Hall–Kier alpha value is -2.67. The van der Waals surface area contributed by atoms with Gasteiger partial charge in [0.05, 0.1) is 19.3 Å². The first-order valence-electron chi connectivity index (χ1n) is 12.2. The van der Waals surface area contributed by atoms with Crippen molar-refractivity contribution in [1.29, 1.82) is 0 Å². The van der Waals surface area contributed by atoms with Gasteiger partial charge in [-0.25, -0.2) is 13.6 Å². The third kappa shape index (κ3) is 5.87. The van der Waals surface area contributed by atoms with Crippen LogP contribution in [0.5, 0.6) is 5.75 Å². The minimum Gasteiger partial charge on any atom is -0.493 e. The first-order chi connectivity index (χ1) is 16.4. The lowest BCUT2D eigenvalue weighted by Crippen LogP contribution is -2.35. The van der Waals surface area contributed by atoms with Crippen LogP contribution in [0.3, 0.4) is 0 Å². The van der Waals surface area contributed by atoms with Crippen LogP contribution in [-0.4, -0.2) is 43.7 Å². The maximum atomic E-state index is 15.0. The largest absolute Gasteiger partial charge is 0.493 e. The normalized spacial score (nSPS) is 17.1. The smallest absolute Gasteiger partial charge is 0.340 e. The molecule has 1 heterocycles.